The molecule has 6 heteroatoms. The third-order valence-corrected chi connectivity index (χ3v) is 4.09. The van der Waals surface area contributed by atoms with E-state index in [0.29, 0.717) is 5.15 Å². The lowest BCUT2D eigenvalue weighted by atomic mass is 10.2. The maximum atomic E-state index is 6.20. The van der Waals surface area contributed by atoms with Crippen LogP contribution in [-0.2, 0) is 18.3 Å². The van der Waals surface area contributed by atoms with Crippen molar-refractivity contribution in [3.8, 4) is 0 Å². The van der Waals surface area contributed by atoms with E-state index in [1.54, 1.807) is 4.68 Å². The summed E-state index contributed by atoms with van der Waals surface area (Å²) >= 11 is 6.20. The first-order valence-corrected chi connectivity index (χ1v) is 7.22. The number of likely N-dealkylation sites (N-methyl/N-ethyl adjacent to an activating group) is 1. The minimum absolute atomic E-state index is 0.268. The number of morpholine rings is 1. The van der Waals surface area contributed by atoms with E-state index >= 15 is 0 Å². The second-order valence-electron chi connectivity index (χ2n) is 5.00. The van der Waals surface area contributed by atoms with Crippen LogP contribution >= 0.6 is 11.6 Å². The summed E-state index contributed by atoms with van der Waals surface area (Å²) in [6, 6.07) is 0. The number of nitrogens with one attached hydrogen (secondary N) is 1. The van der Waals surface area contributed by atoms with Crippen molar-refractivity contribution >= 4 is 11.6 Å². The number of halogens is 1. The molecule has 108 valence electrons. The summed E-state index contributed by atoms with van der Waals surface area (Å²) in [4.78, 5) is 2.41. The Balaban J connectivity index is 1.80. The Morgan fingerprint density at radius 2 is 2.32 bits per heavy atom. The minimum atomic E-state index is 0.268. The summed E-state index contributed by atoms with van der Waals surface area (Å²) in [6.07, 6.45) is 0.268. The van der Waals surface area contributed by atoms with E-state index < -0.39 is 0 Å². The van der Waals surface area contributed by atoms with Crippen molar-refractivity contribution in [3.63, 3.8) is 0 Å². The molecule has 0 aromatic carbocycles. The second kappa shape index (κ2) is 6.70. The molecular weight excluding hydrogens is 264 g/mol. The lowest BCUT2D eigenvalue weighted by Gasteiger charge is -2.32. The standard InChI is InChI=1S/C13H23ClN4O/c1-4-18-5-6-19-11(9-18)7-15-8-12-10(2)16-17(3)13(12)14/h11,15H,4-9H2,1-3H3/t11-/m1/s1. The van der Waals surface area contributed by atoms with Gasteiger partial charge in [-0.15, -0.1) is 0 Å². The van der Waals surface area contributed by atoms with Crippen molar-refractivity contribution in [1.82, 2.24) is 20.0 Å². The van der Waals surface area contributed by atoms with Crippen LogP contribution in [0.25, 0.3) is 0 Å². The first kappa shape index (κ1) is 14.8. The zero-order chi connectivity index (χ0) is 13.8. The highest BCUT2D eigenvalue weighted by Crippen LogP contribution is 2.18. The lowest BCUT2D eigenvalue weighted by Crippen LogP contribution is -2.46. The molecule has 0 bridgehead atoms. The molecule has 0 spiro atoms. The van der Waals surface area contributed by atoms with Gasteiger partial charge in [-0.2, -0.15) is 5.10 Å². The maximum Gasteiger partial charge on any atom is 0.131 e. The van der Waals surface area contributed by atoms with Gasteiger partial charge in [-0.3, -0.25) is 9.58 Å². The lowest BCUT2D eigenvalue weighted by molar-refractivity contribution is -0.0253. The predicted molar refractivity (Wildman–Crippen MR) is 76.5 cm³/mol. The van der Waals surface area contributed by atoms with E-state index in [0.717, 1.165) is 50.6 Å². The quantitative estimate of drug-likeness (QED) is 0.883. The maximum absolute atomic E-state index is 6.20. The van der Waals surface area contributed by atoms with Gasteiger partial charge in [-0.1, -0.05) is 18.5 Å². The van der Waals surface area contributed by atoms with E-state index in [4.69, 9.17) is 16.3 Å². The highest BCUT2D eigenvalue weighted by Gasteiger charge is 2.19. The summed E-state index contributed by atoms with van der Waals surface area (Å²) in [5.74, 6) is 0. The van der Waals surface area contributed by atoms with Crippen LogP contribution in [0.4, 0.5) is 0 Å². The molecule has 1 aliphatic rings. The highest BCUT2D eigenvalue weighted by atomic mass is 35.5. The summed E-state index contributed by atoms with van der Waals surface area (Å²) < 4.78 is 7.47. The van der Waals surface area contributed by atoms with Gasteiger partial charge in [0.25, 0.3) is 0 Å². The number of aromatic nitrogens is 2. The fourth-order valence-corrected chi connectivity index (χ4v) is 2.67. The molecule has 1 aliphatic heterocycles. The van der Waals surface area contributed by atoms with E-state index in [1.807, 2.05) is 14.0 Å². The average molecular weight is 287 g/mol. The van der Waals surface area contributed by atoms with Crippen LogP contribution in [0, 0.1) is 6.92 Å². The molecule has 2 heterocycles. The molecule has 1 aromatic heterocycles. The van der Waals surface area contributed by atoms with Crippen LogP contribution in [0.1, 0.15) is 18.2 Å². The fourth-order valence-electron chi connectivity index (χ4n) is 2.42. The number of nitrogens with zero attached hydrogens (tertiary/aromatic N) is 3. The van der Waals surface area contributed by atoms with E-state index in [-0.39, 0.29) is 6.10 Å². The number of rotatable bonds is 5. The Labute approximate surface area is 119 Å². The molecule has 2 rings (SSSR count). The van der Waals surface area contributed by atoms with Gasteiger partial charge in [-0.25, -0.2) is 0 Å². The zero-order valence-electron chi connectivity index (χ0n) is 11.9. The van der Waals surface area contributed by atoms with Gasteiger partial charge in [-0.05, 0) is 13.5 Å². The molecule has 19 heavy (non-hydrogen) atoms. The van der Waals surface area contributed by atoms with Crippen LogP contribution in [0.2, 0.25) is 5.15 Å². The monoisotopic (exact) mass is 286 g/mol. The molecule has 0 radical (unpaired) electrons. The molecular formula is C13H23ClN4O. The fraction of sp³-hybridized carbons (Fsp3) is 0.769. The molecule has 0 saturated carbocycles. The van der Waals surface area contributed by atoms with Gasteiger partial charge < -0.3 is 10.1 Å². The van der Waals surface area contributed by atoms with E-state index in [1.165, 1.54) is 0 Å². The molecule has 0 amide bonds. The number of aryl methyl sites for hydroxylation is 2. The molecule has 1 saturated heterocycles. The second-order valence-corrected chi connectivity index (χ2v) is 5.35. The highest BCUT2D eigenvalue weighted by molar-refractivity contribution is 6.30. The van der Waals surface area contributed by atoms with Crippen LogP contribution in [0.5, 0.6) is 0 Å². The van der Waals surface area contributed by atoms with Crippen LogP contribution in [0.3, 0.4) is 0 Å². The number of hydrogen-bond acceptors (Lipinski definition) is 4. The predicted octanol–water partition coefficient (Wildman–Crippen LogP) is 1.19. The van der Waals surface area contributed by atoms with Crippen LogP contribution in [-0.4, -0.2) is 53.6 Å². The third kappa shape index (κ3) is 3.69. The number of ether oxygens (including phenoxy) is 1. The first-order chi connectivity index (χ1) is 9.11. The molecule has 5 nitrogen and oxygen atoms in total. The molecule has 1 N–H and O–H groups in total. The third-order valence-electron chi connectivity index (χ3n) is 3.61. The molecule has 1 fully saturated rings. The summed E-state index contributed by atoms with van der Waals surface area (Å²) in [5, 5.41) is 8.44. The Morgan fingerprint density at radius 3 is 2.95 bits per heavy atom. The van der Waals surface area contributed by atoms with Crippen LogP contribution < -0.4 is 5.32 Å². The Bertz CT molecular complexity index is 421. The average Bonchev–Trinajstić information content (AvgIpc) is 2.65. The molecule has 1 aromatic rings. The summed E-state index contributed by atoms with van der Waals surface area (Å²) in [7, 11) is 1.86. The van der Waals surface area contributed by atoms with Crippen molar-refractivity contribution in [2.75, 3.05) is 32.8 Å². The summed E-state index contributed by atoms with van der Waals surface area (Å²) in [6.45, 7) is 9.73. The van der Waals surface area contributed by atoms with Crippen molar-refractivity contribution in [2.45, 2.75) is 26.5 Å². The molecule has 1 atom stereocenters. The Kier molecular flexibility index (Phi) is 5.21. The Hall–Kier alpha value is -0.620. The topological polar surface area (TPSA) is 42.3 Å². The number of hydrogen-bond donors (Lipinski definition) is 1. The van der Waals surface area contributed by atoms with Crippen molar-refractivity contribution in [3.05, 3.63) is 16.4 Å². The largest absolute Gasteiger partial charge is 0.374 e. The van der Waals surface area contributed by atoms with Gasteiger partial charge in [0.2, 0.25) is 0 Å². The van der Waals surface area contributed by atoms with Gasteiger partial charge >= 0.3 is 0 Å². The SMILES string of the molecule is CCN1CCO[C@H](CNCc2c(C)nn(C)c2Cl)C1. The van der Waals surface area contributed by atoms with Crippen LogP contribution in [0.15, 0.2) is 0 Å². The van der Waals surface area contributed by atoms with E-state index in [2.05, 4.69) is 22.2 Å². The molecule has 0 unspecified atom stereocenters. The van der Waals surface area contributed by atoms with Gasteiger partial charge in [0.05, 0.1) is 18.4 Å². The smallest absolute Gasteiger partial charge is 0.131 e. The van der Waals surface area contributed by atoms with Gasteiger partial charge in [0.1, 0.15) is 5.15 Å². The summed E-state index contributed by atoms with van der Waals surface area (Å²) in [5.41, 5.74) is 2.06. The van der Waals surface area contributed by atoms with Gasteiger partial charge in [0.15, 0.2) is 0 Å². The Morgan fingerprint density at radius 1 is 1.53 bits per heavy atom. The molecule has 0 aliphatic carbocycles. The normalized spacial score (nSPS) is 20.9. The van der Waals surface area contributed by atoms with Crippen molar-refractivity contribution < 1.29 is 4.74 Å². The van der Waals surface area contributed by atoms with Crippen molar-refractivity contribution in [2.24, 2.45) is 7.05 Å². The first-order valence-electron chi connectivity index (χ1n) is 6.84. The minimum Gasteiger partial charge on any atom is -0.374 e. The van der Waals surface area contributed by atoms with Gasteiger partial charge in [0, 0.05) is 38.8 Å². The zero-order valence-corrected chi connectivity index (χ0v) is 12.7. The van der Waals surface area contributed by atoms with E-state index in [9.17, 15) is 0 Å². The van der Waals surface area contributed by atoms with Crippen molar-refractivity contribution in [1.29, 1.82) is 0 Å².